The Hall–Kier alpha value is -1.90. The summed E-state index contributed by atoms with van der Waals surface area (Å²) in [6.45, 7) is 3.19. The van der Waals surface area contributed by atoms with Gasteiger partial charge in [0.05, 0.1) is 0 Å². The van der Waals surface area contributed by atoms with E-state index in [1.54, 1.807) is 11.0 Å². The summed E-state index contributed by atoms with van der Waals surface area (Å²) < 4.78 is 54.5. The summed E-state index contributed by atoms with van der Waals surface area (Å²) in [5, 5.41) is 3.08. The molecule has 1 saturated heterocycles. The molecule has 1 N–H and O–H groups in total. The van der Waals surface area contributed by atoms with Crippen molar-refractivity contribution < 1.29 is 22.4 Å². The van der Waals surface area contributed by atoms with Crippen LogP contribution < -0.4 is 10.2 Å². The number of piperidine rings is 1. The smallest absolute Gasteiger partial charge is 0.371 e. The summed E-state index contributed by atoms with van der Waals surface area (Å²) in [4.78, 5) is 17.2. The number of nitrogens with zero attached hydrogens (tertiary/aromatic N) is 2. The SMILES string of the molecule is CCNC(=O)C1CCN(c2cc(C(F)(F)F)nc3c(F)cc(Br)cc23)CC1. The van der Waals surface area contributed by atoms with Crippen molar-refractivity contribution in [3.8, 4) is 0 Å². The minimum Gasteiger partial charge on any atom is -0.371 e. The molecule has 1 aliphatic rings. The maximum atomic E-state index is 14.3. The Morgan fingerprint density at radius 3 is 2.56 bits per heavy atom. The van der Waals surface area contributed by atoms with Gasteiger partial charge in [0.15, 0.2) is 5.82 Å². The lowest BCUT2D eigenvalue weighted by atomic mass is 9.95. The number of carbonyl (C=O) groups is 1. The van der Waals surface area contributed by atoms with Gasteiger partial charge in [0.2, 0.25) is 5.91 Å². The van der Waals surface area contributed by atoms with Crippen molar-refractivity contribution in [1.82, 2.24) is 10.3 Å². The van der Waals surface area contributed by atoms with E-state index in [2.05, 4.69) is 26.2 Å². The van der Waals surface area contributed by atoms with Crippen LogP contribution in [0.2, 0.25) is 0 Å². The third-order valence-electron chi connectivity index (χ3n) is 4.66. The lowest BCUT2D eigenvalue weighted by molar-refractivity contribution is -0.140. The molecule has 4 nitrogen and oxygen atoms in total. The molecule has 1 fully saturated rings. The van der Waals surface area contributed by atoms with E-state index in [4.69, 9.17) is 0 Å². The molecule has 9 heteroatoms. The first-order valence-electron chi connectivity index (χ1n) is 8.60. The van der Waals surface area contributed by atoms with E-state index in [1.165, 1.54) is 0 Å². The molecule has 146 valence electrons. The molecule has 2 heterocycles. The van der Waals surface area contributed by atoms with Crippen molar-refractivity contribution in [3.05, 3.63) is 34.2 Å². The second-order valence-corrected chi connectivity index (χ2v) is 7.38. The first-order valence-corrected chi connectivity index (χ1v) is 9.39. The number of hydrogen-bond donors (Lipinski definition) is 1. The van der Waals surface area contributed by atoms with Gasteiger partial charge in [-0.05, 0) is 38.0 Å². The highest BCUT2D eigenvalue weighted by Crippen LogP contribution is 2.38. The molecule has 0 aliphatic carbocycles. The second-order valence-electron chi connectivity index (χ2n) is 6.46. The molecule has 3 rings (SSSR count). The summed E-state index contributed by atoms with van der Waals surface area (Å²) in [6, 6.07) is 3.62. The van der Waals surface area contributed by atoms with Gasteiger partial charge >= 0.3 is 6.18 Å². The van der Waals surface area contributed by atoms with Crippen LogP contribution in [-0.4, -0.2) is 30.5 Å². The third-order valence-corrected chi connectivity index (χ3v) is 5.12. The van der Waals surface area contributed by atoms with Gasteiger partial charge in [-0.15, -0.1) is 0 Å². The zero-order chi connectivity index (χ0) is 19.8. The van der Waals surface area contributed by atoms with E-state index < -0.39 is 17.7 Å². The Bertz CT molecular complexity index is 864. The van der Waals surface area contributed by atoms with E-state index in [1.807, 2.05) is 6.92 Å². The molecule has 0 unspecified atom stereocenters. The van der Waals surface area contributed by atoms with Crippen molar-refractivity contribution in [1.29, 1.82) is 0 Å². The molecular weight excluding hydrogens is 430 g/mol. The fraction of sp³-hybridized carbons (Fsp3) is 0.444. The summed E-state index contributed by atoms with van der Waals surface area (Å²) >= 11 is 3.18. The van der Waals surface area contributed by atoms with Crippen molar-refractivity contribution in [2.45, 2.75) is 25.9 Å². The molecule has 0 spiro atoms. The molecule has 1 amide bonds. The Balaban J connectivity index is 1.99. The maximum absolute atomic E-state index is 14.3. The number of anilines is 1. The number of rotatable bonds is 3. The molecular formula is C18H18BrF4N3O. The van der Waals surface area contributed by atoms with Crippen LogP contribution in [0.1, 0.15) is 25.5 Å². The van der Waals surface area contributed by atoms with Crippen LogP contribution >= 0.6 is 15.9 Å². The number of fused-ring (bicyclic) bond motifs is 1. The van der Waals surface area contributed by atoms with Gasteiger partial charge in [0.1, 0.15) is 11.2 Å². The summed E-state index contributed by atoms with van der Waals surface area (Å²) in [5.41, 5.74) is -1.16. The molecule has 1 aromatic heterocycles. The monoisotopic (exact) mass is 447 g/mol. The van der Waals surface area contributed by atoms with Crippen molar-refractivity contribution in [2.75, 3.05) is 24.5 Å². The topological polar surface area (TPSA) is 45.2 Å². The van der Waals surface area contributed by atoms with Gasteiger partial charge in [-0.2, -0.15) is 13.2 Å². The Morgan fingerprint density at radius 1 is 1.30 bits per heavy atom. The Morgan fingerprint density at radius 2 is 1.96 bits per heavy atom. The minimum atomic E-state index is -4.68. The number of alkyl halides is 3. The van der Waals surface area contributed by atoms with E-state index >= 15 is 0 Å². The summed E-state index contributed by atoms with van der Waals surface area (Å²) in [7, 11) is 0. The van der Waals surface area contributed by atoms with Crippen LogP contribution in [0.5, 0.6) is 0 Å². The van der Waals surface area contributed by atoms with E-state index in [0.29, 0.717) is 42.3 Å². The first-order chi connectivity index (χ1) is 12.7. The van der Waals surface area contributed by atoms with Gasteiger partial charge in [0.25, 0.3) is 0 Å². The van der Waals surface area contributed by atoms with Gasteiger partial charge in [-0.1, -0.05) is 15.9 Å². The number of halogens is 5. The molecule has 0 radical (unpaired) electrons. The Labute approximate surface area is 162 Å². The number of nitrogens with one attached hydrogen (secondary N) is 1. The largest absolute Gasteiger partial charge is 0.433 e. The van der Waals surface area contributed by atoms with Crippen LogP contribution in [0.4, 0.5) is 23.2 Å². The molecule has 1 aliphatic heterocycles. The van der Waals surface area contributed by atoms with Crippen molar-refractivity contribution in [2.24, 2.45) is 5.92 Å². The number of aromatic nitrogens is 1. The minimum absolute atomic E-state index is 0.0403. The number of pyridine rings is 1. The highest BCUT2D eigenvalue weighted by molar-refractivity contribution is 9.10. The van der Waals surface area contributed by atoms with Crippen LogP contribution in [0.25, 0.3) is 10.9 Å². The molecule has 2 aromatic rings. The van der Waals surface area contributed by atoms with Crippen molar-refractivity contribution in [3.63, 3.8) is 0 Å². The number of benzene rings is 1. The van der Waals surface area contributed by atoms with Gasteiger partial charge in [-0.3, -0.25) is 4.79 Å². The summed E-state index contributed by atoms with van der Waals surface area (Å²) in [6.07, 6.45) is -3.64. The first kappa shape index (κ1) is 19.9. The zero-order valence-electron chi connectivity index (χ0n) is 14.5. The molecule has 0 atom stereocenters. The molecule has 27 heavy (non-hydrogen) atoms. The highest BCUT2D eigenvalue weighted by atomic mass is 79.9. The average molecular weight is 448 g/mol. The molecule has 0 saturated carbocycles. The quantitative estimate of drug-likeness (QED) is 0.704. The van der Waals surface area contributed by atoms with Gasteiger partial charge in [0, 0.05) is 41.1 Å². The van der Waals surface area contributed by atoms with Crippen LogP contribution in [0, 0.1) is 11.7 Å². The molecule has 0 bridgehead atoms. The predicted molar refractivity (Wildman–Crippen MR) is 98.0 cm³/mol. The maximum Gasteiger partial charge on any atom is 0.433 e. The van der Waals surface area contributed by atoms with Crippen LogP contribution in [0.3, 0.4) is 0 Å². The van der Waals surface area contributed by atoms with E-state index in [-0.39, 0.29) is 23.0 Å². The lowest BCUT2D eigenvalue weighted by Gasteiger charge is -2.34. The fourth-order valence-electron chi connectivity index (χ4n) is 3.34. The fourth-order valence-corrected chi connectivity index (χ4v) is 3.77. The second kappa shape index (κ2) is 7.61. The normalized spacial score (nSPS) is 16.0. The zero-order valence-corrected chi connectivity index (χ0v) is 16.1. The van der Waals surface area contributed by atoms with Crippen LogP contribution in [0.15, 0.2) is 22.7 Å². The molecule has 1 aromatic carbocycles. The van der Waals surface area contributed by atoms with Crippen LogP contribution in [-0.2, 0) is 11.0 Å². The standard InChI is InChI=1S/C18H18BrF4N3O/c1-2-24-17(27)10-3-5-26(6-4-10)14-9-15(18(21,22)23)25-16-12(14)7-11(19)8-13(16)20/h7-10H,2-6H2,1H3,(H,24,27). The lowest BCUT2D eigenvalue weighted by Crippen LogP contribution is -2.40. The number of carbonyl (C=O) groups excluding carboxylic acids is 1. The van der Waals surface area contributed by atoms with E-state index in [9.17, 15) is 22.4 Å². The number of hydrogen-bond acceptors (Lipinski definition) is 3. The average Bonchev–Trinajstić information content (AvgIpc) is 2.60. The van der Waals surface area contributed by atoms with E-state index in [0.717, 1.165) is 12.1 Å². The third kappa shape index (κ3) is 4.17. The number of amides is 1. The Kier molecular flexibility index (Phi) is 5.60. The van der Waals surface area contributed by atoms with Gasteiger partial charge < -0.3 is 10.2 Å². The predicted octanol–water partition coefficient (Wildman–Crippen LogP) is 4.51. The van der Waals surface area contributed by atoms with Gasteiger partial charge in [-0.25, -0.2) is 9.37 Å². The summed E-state index contributed by atoms with van der Waals surface area (Å²) in [5.74, 6) is -1.02. The highest BCUT2D eigenvalue weighted by Gasteiger charge is 2.35. The van der Waals surface area contributed by atoms with Crippen molar-refractivity contribution >= 4 is 38.4 Å².